The molecule has 0 saturated heterocycles. The van der Waals surface area contributed by atoms with Crippen molar-refractivity contribution in [3.63, 3.8) is 0 Å². The van der Waals surface area contributed by atoms with Crippen molar-refractivity contribution in [1.29, 1.82) is 0 Å². The molecule has 0 bridgehead atoms. The van der Waals surface area contributed by atoms with Crippen LogP contribution < -0.4 is 0 Å². The molecule has 2 aromatic carbocycles. The topological polar surface area (TPSA) is 46.5 Å². The summed E-state index contributed by atoms with van der Waals surface area (Å²) in [6, 6.07) is 10.8. The molecule has 0 radical (unpaired) electrons. The first-order chi connectivity index (χ1) is 11.3. The molecule has 3 nitrogen and oxygen atoms in total. The maximum atomic E-state index is 13.4. The van der Waals surface area contributed by atoms with Crippen LogP contribution in [0.5, 0.6) is 0 Å². The zero-order valence-electron chi connectivity index (χ0n) is 13.9. The molecular formula is C18H21F2O3P. The van der Waals surface area contributed by atoms with E-state index in [1.54, 1.807) is 20.8 Å². The molecule has 2 rings (SSSR count). The van der Waals surface area contributed by atoms with Gasteiger partial charge in [0.15, 0.2) is 0 Å². The monoisotopic (exact) mass is 354 g/mol. The van der Waals surface area contributed by atoms with Crippen LogP contribution >= 0.6 is 7.60 Å². The van der Waals surface area contributed by atoms with E-state index in [2.05, 4.69) is 0 Å². The summed E-state index contributed by atoms with van der Waals surface area (Å²) in [6.45, 7) is 5.25. The Morgan fingerprint density at radius 1 is 1.00 bits per heavy atom. The minimum absolute atomic E-state index is 0.0463. The van der Waals surface area contributed by atoms with Crippen LogP contribution in [-0.4, -0.2) is 11.5 Å². The van der Waals surface area contributed by atoms with Crippen LogP contribution in [0.1, 0.15) is 31.9 Å². The van der Waals surface area contributed by atoms with Gasteiger partial charge < -0.3 is 9.42 Å². The molecule has 0 aliphatic heterocycles. The van der Waals surface area contributed by atoms with Gasteiger partial charge in [0, 0.05) is 0 Å². The lowest BCUT2D eigenvalue weighted by Crippen LogP contribution is -2.34. The molecule has 130 valence electrons. The first-order valence-electron chi connectivity index (χ1n) is 7.75. The zero-order valence-corrected chi connectivity index (χ0v) is 14.8. The third-order valence-corrected chi connectivity index (χ3v) is 6.69. The predicted molar refractivity (Wildman–Crippen MR) is 89.9 cm³/mol. The highest BCUT2D eigenvalue weighted by Crippen LogP contribution is 2.67. The Bertz CT molecular complexity index is 681. The quantitative estimate of drug-likeness (QED) is 0.736. The summed E-state index contributed by atoms with van der Waals surface area (Å²) in [7, 11) is -4.21. The Hall–Kier alpha value is -1.55. The van der Waals surface area contributed by atoms with E-state index in [0.29, 0.717) is 11.1 Å². The van der Waals surface area contributed by atoms with Gasteiger partial charge in [0.05, 0.1) is 6.61 Å². The molecule has 1 atom stereocenters. The van der Waals surface area contributed by atoms with Gasteiger partial charge in [-0.05, 0) is 48.2 Å². The fourth-order valence-electron chi connectivity index (χ4n) is 3.17. The molecule has 1 unspecified atom stereocenters. The molecule has 0 saturated carbocycles. The summed E-state index contributed by atoms with van der Waals surface area (Å²) in [5, 5.41) is -1.43. The lowest BCUT2D eigenvalue weighted by atomic mass is 9.81. The minimum Gasteiger partial charge on any atom is -0.323 e. The number of rotatable bonds is 6. The Kier molecular flexibility index (Phi) is 5.59. The first-order valence-corrected chi connectivity index (χ1v) is 9.33. The van der Waals surface area contributed by atoms with Gasteiger partial charge in [-0.25, -0.2) is 8.78 Å². The van der Waals surface area contributed by atoms with Crippen molar-refractivity contribution in [3.8, 4) is 0 Å². The van der Waals surface area contributed by atoms with Crippen molar-refractivity contribution in [2.45, 2.75) is 25.9 Å². The van der Waals surface area contributed by atoms with Gasteiger partial charge in [-0.1, -0.05) is 38.1 Å². The van der Waals surface area contributed by atoms with Crippen molar-refractivity contribution in [2.24, 2.45) is 5.92 Å². The van der Waals surface area contributed by atoms with Crippen molar-refractivity contribution in [1.82, 2.24) is 0 Å². The molecule has 0 aromatic heterocycles. The highest BCUT2D eigenvalue weighted by molar-refractivity contribution is 7.54. The van der Waals surface area contributed by atoms with Crippen molar-refractivity contribution in [2.75, 3.05) is 6.61 Å². The number of halogens is 2. The average Bonchev–Trinajstić information content (AvgIpc) is 2.51. The maximum absolute atomic E-state index is 13.4. The predicted octanol–water partition coefficient (Wildman–Crippen LogP) is 5.09. The SMILES string of the molecule is CCOP(=O)(O)C(c1ccc(F)cc1)(c1ccc(F)cc1)C(C)C. The van der Waals surface area contributed by atoms with E-state index in [9.17, 15) is 18.2 Å². The van der Waals surface area contributed by atoms with Crippen LogP contribution in [0.3, 0.4) is 0 Å². The number of benzene rings is 2. The molecule has 0 aliphatic carbocycles. The average molecular weight is 354 g/mol. The van der Waals surface area contributed by atoms with E-state index >= 15 is 0 Å². The Morgan fingerprint density at radius 3 is 1.67 bits per heavy atom. The molecule has 0 aliphatic rings. The highest BCUT2D eigenvalue weighted by atomic mass is 31.2. The Balaban J connectivity index is 2.82. The van der Waals surface area contributed by atoms with Crippen molar-refractivity contribution < 1.29 is 22.8 Å². The summed E-state index contributed by atoms with van der Waals surface area (Å²) in [5.41, 5.74) is 0.898. The van der Waals surface area contributed by atoms with E-state index in [1.807, 2.05) is 0 Å². The second-order valence-corrected chi connectivity index (χ2v) is 7.88. The van der Waals surface area contributed by atoms with Gasteiger partial charge in [-0.2, -0.15) is 0 Å². The van der Waals surface area contributed by atoms with Crippen molar-refractivity contribution in [3.05, 3.63) is 71.3 Å². The van der Waals surface area contributed by atoms with Gasteiger partial charge in [0.1, 0.15) is 16.8 Å². The van der Waals surface area contributed by atoms with Gasteiger partial charge in [-0.15, -0.1) is 0 Å². The van der Waals surface area contributed by atoms with Crippen LogP contribution in [0.4, 0.5) is 8.78 Å². The lowest BCUT2D eigenvalue weighted by Gasteiger charge is -2.41. The number of hydrogen-bond acceptors (Lipinski definition) is 2. The van der Waals surface area contributed by atoms with Gasteiger partial charge in [0.2, 0.25) is 0 Å². The van der Waals surface area contributed by atoms with Crippen LogP contribution in [0.15, 0.2) is 48.5 Å². The standard InChI is InChI=1S/C18H21F2O3P/c1-4-23-24(21,22)18(13(2)3,14-5-9-16(19)10-6-14)15-7-11-17(20)12-8-15/h5-13H,4H2,1-3H3,(H,21,22). The number of hydrogen-bond donors (Lipinski definition) is 1. The van der Waals surface area contributed by atoms with Crippen LogP contribution in [-0.2, 0) is 14.2 Å². The molecule has 1 N–H and O–H groups in total. The van der Waals surface area contributed by atoms with Gasteiger partial charge in [-0.3, -0.25) is 4.57 Å². The summed E-state index contributed by atoms with van der Waals surface area (Å²) in [6.07, 6.45) is 0. The summed E-state index contributed by atoms with van der Waals surface area (Å²) in [5.74, 6) is -1.25. The summed E-state index contributed by atoms with van der Waals surface area (Å²) >= 11 is 0. The van der Waals surface area contributed by atoms with Gasteiger partial charge >= 0.3 is 7.60 Å². The fourth-order valence-corrected chi connectivity index (χ4v) is 5.33. The molecular weight excluding hydrogens is 333 g/mol. The van der Waals surface area contributed by atoms with Gasteiger partial charge in [0.25, 0.3) is 0 Å². The van der Waals surface area contributed by atoms with E-state index in [0.717, 1.165) is 0 Å². The molecule has 6 heteroatoms. The third-order valence-electron chi connectivity index (χ3n) is 4.15. The molecule has 24 heavy (non-hydrogen) atoms. The normalized spacial score (nSPS) is 14.6. The molecule has 0 amide bonds. The summed E-state index contributed by atoms with van der Waals surface area (Å²) in [4.78, 5) is 10.8. The maximum Gasteiger partial charge on any atom is 0.343 e. The molecule has 0 heterocycles. The molecule has 0 spiro atoms. The second-order valence-electron chi connectivity index (χ2n) is 5.87. The van der Waals surface area contributed by atoms with Crippen LogP contribution in [0.2, 0.25) is 0 Å². The smallest absolute Gasteiger partial charge is 0.323 e. The third kappa shape index (κ3) is 3.16. The molecule has 0 fully saturated rings. The highest BCUT2D eigenvalue weighted by Gasteiger charge is 2.54. The van der Waals surface area contributed by atoms with E-state index in [4.69, 9.17) is 4.52 Å². The first kappa shape index (κ1) is 18.8. The second kappa shape index (κ2) is 7.14. The van der Waals surface area contributed by atoms with Crippen LogP contribution in [0, 0.1) is 17.6 Å². The van der Waals surface area contributed by atoms with Crippen molar-refractivity contribution >= 4 is 7.60 Å². The largest absolute Gasteiger partial charge is 0.343 e. The minimum atomic E-state index is -4.21. The Labute approximate surface area is 140 Å². The zero-order chi connectivity index (χ0) is 18.0. The Morgan fingerprint density at radius 2 is 1.38 bits per heavy atom. The van der Waals surface area contributed by atoms with E-state index in [1.165, 1.54) is 48.5 Å². The fraction of sp³-hybridized carbons (Fsp3) is 0.333. The van der Waals surface area contributed by atoms with E-state index in [-0.39, 0.29) is 12.5 Å². The lowest BCUT2D eigenvalue weighted by molar-refractivity contribution is 0.238. The summed E-state index contributed by atoms with van der Waals surface area (Å²) < 4.78 is 45.2. The van der Waals surface area contributed by atoms with E-state index < -0.39 is 24.4 Å². The van der Waals surface area contributed by atoms with Crippen LogP contribution in [0.25, 0.3) is 0 Å². The molecule has 2 aromatic rings.